The lowest BCUT2D eigenvalue weighted by Gasteiger charge is -2.21. The van der Waals surface area contributed by atoms with Crippen LogP contribution in [0.2, 0.25) is 0 Å². The van der Waals surface area contributed by atoms with Gasteiger partial charge in [0.2, 0.25) is 0 Å². The molecule has 13 heavy (non-hydrogen) atoms. The van der Waals surface area contributed by atoms with Crippen molar-refractivity contribution in [1.29, 1.82) is 0 Å². The summed E-state index contributed by atoms with van der Waals surface area (Å²) in [5, 5.41) is 8.74. The molecule has 2 heteroatoms. The van der Waals surface area contributed by atoms with Crippen LogP contribution in [0.25, 0.3) is 0 Å². The Morgan fingerprint density at radius 1 is 1.46 bits per heavy atom. The summed E-state index contributed by atoms with van der Waals surface area (Å²) in [7, 11) is 0. The first-order valence-corrected chi connectivity index (χ1v) is 5.41. The van der Waals surface area contributed by atoms with Crippen LogP contribution >= 0.6 is 0 Å². The Balaban J connectivity index is 2.33. The third-order valence-corrected chi connectivity index (χ3v) is 3.20. The molecule has 1 rings (SSSR count). The second kappa shape index (κ2) is 4.97. The van der Waals surface area contributed by atoms with Crippen LogP contribution in [0.4, 0.5) is 0 Å². The Morgan fingerprint density at radius 2 is 2.15 bits per heavy atom. The van der Waals surface area contributed by atoms with Crippen molar-refractivity contribution < 1.29 is 9.84 Å². The topological polar surface area (TPSA) is 29.5 Å². The largest absolute Gasteiger partial charge is 0.396 e. The van der Waals surface area contributed by atoms with E-state index in [0.29, 0.717) is 30.7 Å². The van der Waals surface area contributed by atoms with E-state index in [4.69, 9.17) is 9.84 Å². The monoisotopic (exact) mass is 186 g/mol. The normalized spacial score (nSPS) is 36.5. The van der Waals surface area contributed by atoms with Gasteiger partial charge in [-0.1, -0.05) is 6.92 Å². The average Bonchev–Trinajstić information content (AvgIpc) is 2.41. The van der Waals surface area contributed by atoms with Gasteiger partial charge >= 0.3 is 0 Å². The standard InChI is InChI=1S/C11H22O2/c1-8(5-4-6-12)11-7-9(2)13-10(11)3/h8-12H,4-7H2,1-3H3. The molecular weight excluding hydrogens is 164 g/mol. The molecule has 0 radical (unpaired) electrons. The van der Waals surface area contributed by atoms with Crippen molar-refractivity contribution >= 4 is 0 Å². The first-order chi connectivity index (χ1) is 6.15. The summed E-state index contributed by atoms with van der Waals surface area (Å²) < 4.78 is 5.71. The Hall–Kier alpha value is -0.0800. The molecule has 0 aliphatic carbocycles. The number of aliphatic hydroxyl groups excluding tert-OH is 1. The molecule has 1 N–H and O–H groups in total. The van der Waals surface area contributed by atoms with Crippen LogP contribution in [0.3, 0.4) is 0 Å². The van der Waals surface area contributed by atoms with Crippen LogP contribution in [0.5, 0.6) is 0 Å². The molecule has 0 aromatic heterocycles. The maximum Gasteiger partial charge on any atom is 0.0582 e. The molecular formula is C11H22O2. The van der Waals surface area contributed by atoms with Gasteiger partial charge in [0.1, 0.15) is 0 Å². The van der Waals surface area contributed by atoms with Gasteiger partial charge in [0.25, 0.3) is 0 Å². The van der Waals surface area contributed by atoms with Crippen molar-refractivity contribution in [1.82, 2.24) is 0 Å². The summed E-state index contributed by atoms with van der Waals surface area (Å²) in [6.45, 7) is 6.92. The highest BCUT2D eigenvalue weighted by Crippen LogP contribution is 2.33. The first-order valence-electron chi connectivity index (χ1n) is 5.41. The van der Waals surface area contributed by atoms with Crippen molar-refractivity contribution in [3.05, 3.63) is 0 Å². The lowest BCUT2D eigenvalue weighted by atomic mass is 9.85. The van der Waals surface area contributed by atoms with E-state index in [2.05, 4.69) is 20.8 Å². The van der Waals surface area contributed by atoms with E-state index >= 15 is 0 Å². The summed E-state index contributed by atoms with van der Waals surface area (Å²) in [5.41, 5.74) is 0. The van der Waals surface area contributed by atoms with Crippen LogP contribution in [-0.4, -0.2) is 23.9 Å². The summed E-state index contributed by atoms with van der Waals surface area (Å²) in [5.74, 6) is 1.38. The van der Waals surface area contributed by atoms with E-state index < -0.39 is 0 Å². The fourth-order valence-electron chi connectivity index (χ4n) is 2.42. The molecule has 0 aromatic rings. The molecule has 2 nitrogen and oxygen atoms in total. The maximum atomic E-state index is 8.74. The molecule has 0 bridgehead atoms. The highest BCUT2D eigenvalue weighted by molar-refractivity contribution is 4.81. The number of aliphatic hydroxyl groups is 1. The van der Waals surface area contributed by atoms with Crippen molar-refractivity contribution in [3.8, 4) is 0 Å². The molecule has 78 valence electrons. The Kier molecular flexibility index (Phi) is 4.20. The molecule has 1 aliphatic rings. The molecule has 0 amide bonds. The lowest BCUT2D eigenvalue weighted by Crippen LogP contribution is -2.19. The van der Waals surface area contributed by atoms with Gasteiger partial charge in [0.15, 0.2) is 0 Å². The fraction of sp³-hybridized carbons (Fsp3) is 1.00. The van der Waals surface area contributed by atoms with Crippen molar-refractivity contribution in [2.45, 2.75) is 52.2 Å². The molecule has 0 saturated carbocycles. The lowest BCUT2D eigenvalue weighted by molar-refractivity contribution is 0.0477. The molecule has 1 fully saturated rings. The summed E-state index contributed by atoms with van der Waals surface area (Å²) >= 11 is 0. The van der Waals surface area contributed by atoms with Crippen LogP contribution < -0.4 is 0 Å². The SMILES string of the molecule is CC1CC(C(C)CCCO)C(C)O1. The molecule has 4 unspecified atom stereocenters. The predicted octanol–water partition coefficient (Wildman–Crippen LogP) is 2.21. The quantitative estimate of drug-likeness (QED) is 0.729. The van der Waals surface area contributed by atoms with E-state index in [0.717, 1.165) is 12.8 Å². The minimum absolute atomic E-state index is 0.321. The molecule has 4 atom stereocenters. The zero-order valence-corrected chi connectivity index (χ0v) is 8.99. The van der Waals surface area contributed by atoms with Crippen molar-refractivity contribution in [2.75, 3.05) is 6.61 Å². The van der Waals surface area contributed by atoms with Crippen LogP contribution in [-0.2, 0) is 4.74 Å². The Labute approximate surface area is 81.3 Å². The minimum atomic E-state index is 0.321. The fourth-order valence-corrected chi connectivity index (χ4v) is 2.42. The van der Waals surface area contributed by atoms with Crippen molar-refractivity contribution in [3.63, 3.8) is 0 Å². The van der Waals surface area contributed by atoms with Crippen LogP contribution in [0.1, 0.15) is 40.0 Å². The van der Waals surface area contributed by atoms with E-state index in [1.54, 1.807) is 0 Å². The smallest absolute Gasteiger partial charge is 0.0582 e. The summed E-state index contributed by atoms with van der Waals surface area (Å²) in [4.78, 5) is 0. The Bertz CT molecular complexity index is 147. The first kappa shape index (κ1) is 11.0. The van der Waals surface area contributed by atoms with Crippen LogP contribution in [0, 0.1) is 11.8 Å². The summed E-state index contributed by atoms with van der Waals surface area (Å²) in [6, 6.07) is 0. The predicted molar refractivity (Wildman–Crippen MR) is 53.6 cm³/mol. The molecule has 1 saturated heterocycles. The van der Waals surface area contributed by atoms with Crippen LogP contribution in [0.15, 0.2) is 0 Å². The highest BCUT2D eigenvalue weighted by Gasteiger charge is 2.32. The zero-order valence-electron chi connectivity index (χ0n) is 8.99. The number of rotatable bonds is 4. The Morgan fingerprint density at radius 3 is 2.62 bits per heavy atom. The van der Waals surface area contributed by atoms with Crippen molar-refractivity contribution in [2.24, 2.45) is 11.8 Å². The molecule has 0 spiro atoms. The van der Waals surface area contributed by atoms with E-state index in [1.807, 2.05) is 0 Å². The molecule has 1 heterocycles. The minimum Gasteiger partial charge on any atom is -0.396 e. The average molecular weight is 186 g/mol. The molecule has 0 aromatic carbocycles. The summed E-state index contributed by atoms with van der Waals surface area (Å²) in [6.07, 6.45) is 4.08. The van der Waals surface area contributed by atoms with Gasteiger partial charge in [-0.25, -0.2) is 0 Å². The van der Waals surface area contributed by atoms with Gasteiger partial charge in [-0.3, -0.25) is 0 Å². The number of ether oxygens (including phenoxy) is 1. The van der Waals surface area contributed by atoms with Gasteiger partial charge in [-0.15, -0.1) is 0 Å². The van der Waals surface area contributed by atoms with Gasteiger partial charge < -0.3 is 9.84 Å². The third-order valence-electron chi connectivity index (χ3n) is 3.20. The van der Waals surface area contributed by atoms with E-state index in [1.165, 1.54) is 6.42 Å². The van der Waals surface area contributed by atoms with E-state index in [9.17, 15) is 0 Å². The van der Waals surface area contributed by atoms with Gasteiger partial charge in [0.05, 0.1) is 12.2 Å². The van der Waals surface area contributed by atoms with Gasteiger partial charge in [-0.05, 0) is 44.9 Å². The zero-order chi connectivity index (χ0) is 9.84. The number of hydrogen-bond acceptors (Lipinski definition) is 2. The van der Waals surface area contributed by atoms with Gasteiger partial charge in [-0.2, -0.15) is 0 Å². The van der Waals surface area contributed by atoms with E-state index in [-0.39, 0.29) is 0 Å². The second-order valence-electron chi connectivity index (χ2n) is 4.39. The molecule has 1 aliphatic heterocycles. The third kappa shape index (κ3) is 2.96. The number of hydrogen-bond donors (Lipinski definition) is 1. The van der Waals surface area contributed by atoms with Gasteiger partial charge in [0, 0.05) is 6.61 Å². The second-order valence-corrected chi connectivity index (χ2v) is 4.39. The highest BCUT2D eigenvalue weighted by atomic mass is 16.5. The maximum absolute atomic E-state index is 8.74.